The highest BCUT2D eigenvalue weighted by atomic mass is 32.1. The minimum absolute atomic E-state index is 0.586. The molecule has 1 aromatic heterocycles. The van der Waals surface area contributed by atoms with Crippen LogP contribution in [0.1, 0.15) is 38.0 Å². The van der Waals surface area contributed by atoms with E-state index in [-0.39, 0.29) is 0 Å². The Morgan fingerprint density at radius 1 is 1.29 bits per heavy atom. The van der Waals surface area contributed by atoms with Crippen LogP contribution in [0.4, 0.5) is 0 Å². The van der Waals surface area contributed by atoms with Crippen LogP contribution in [-0.2, 0) is 6.42 Å². The number of rotatable bonds is 10. The highest BCUT2D eigenvalue weighted by Crippen LogP contribution is 2.11. The quantitative estimate of drug-likeness (QED) is 0.627. The Labute approximate surface area is 110 Å². The Hall–Kier alpha value is -0.380. The third kappa shape index (κ3) is 7.53. The second-order valence-corrected chi connectivity index (χ2v) is 5.63. The molecule has 0 radical (unpaired) electrons. The molecule has 3 heteroatoms. The molecule has 1 unspecified atom stereocenters. The van der Waals surface area contributed by atoms with Crippen LogP contribution in [0.15, 0.2) is 17.5 Å². The van der Waals surface area contributed by atoms with Crippen LogP contribution in [-0.4, -0.2) is 25.7 Å². The lowest BCUT2D eigenvalue weighted by molar-refractivity contribution is 0.491. The highest BCUT2D eigenvalue weighted by molar-refractivity contribution is 7.09. The molecule has 0 spiro atoms. The van der Waals surface area contributed by atoms with Crippen molar-refractivity contribution in [1.82, 2.24) is 10.6 Å². The van der Waals surface area contributed by atoms with E-state index < -0.39 is 0 Å². The minimum atomic E-state index is 0.586. The molecule has 0 aliphatic rings. The first-order valence-electron chi connectivity index (χ1n) is 6.79. The first-order chi connectivity index (χ1) is 8.33. The van der Waals surface area contributed by atoms with Crippen LogP contribution in [0.2, 0.25) is 0 Å². The largest absolute Gasteiger partial charge is 0.315 e. The van der Waals surface area contributed by atoms with Crippen molar-refractivity contribution in [2.75, 3.05) is 19.6 Å². The van der Waals surface area contributed by atoms with Gasteiger partial charge in [-0.2, -0.15) is 0 Å². The second kappa shape index (κ2) is 9.63. The maximum atomic E-state index is 3.56. The first-order valence-corrected chi connectivity index (χ1v) is 7.67. The number of hydrogen-bond acceptors (Lipinski definition) is 3. The molecule has 98 valence electrons. The van der Waals surface area contributed by atoms with Gasteiger partial charge in [0.15, 0.2) is 0 Å². The van der Waals surface area contributed by atoms with Crippen molar-refractivity contribution in [2.45, 2.75) is 45.6 Å². The first kappa shape index (κ1) is 14.7. The molecule has 0 aromatic carbocycles. The number of nitrogens with one attached hydrogen (secondary N) is 2. The van der Waals surface area contributed by atoms with Crippen LogP contribution < -0.4 is 10.6 Å². The van der Waals surface area contributed by atoms with Gasteiger partial charge in [0.25, 0.3) is 0 Å². The molecule has 1 heterocycles. The van der Waals surface area contributed by atoms with Gasteiger partial charge in [-0.05, 0) is 57.1 Å². The topological polar surface area (TPSA) is 24.1 Å². The Bertz CT molecular complexity index is 259. The Morgan fingerprint density at radius 2 is 2.18 bits per heavy atom. The fourth-order valence-electron chi connectivity index (χ4n) is 1.80. The minimum Gasteiger partial charge on any atom is -0.315 e. The van der Waals surface area contributed by atoms with Crippen LogP contribution >= 0.6 is 11.3 Å². The molecule has 1 aromatic rings. The van der Waals surface area contributed by atoms with Gasteiger partial charge in [-0.1, -0.05) is 13.0 Å². The zero-order chi connectivity index (χ0) is 12.3. The summed E-state index contributed by atoms with van der Waals surface area (Å²) in [6.07, 6.45) is 5.02. The molecule has 0 fully saturated rings. The van der Waals surface area contributed by atoms with Crippen LogP contribution in [0.25, 0.3) is 0 Å². The van der Waals surface area contributed by atoms with Gasteiger partial charge in [-0.15, -0.1) is 11.3 Å². The smallest absolute Gasteiger partial charge is 0.0164 e. The predicted molar refractivity (Wildman–Crippen MR) is 77.9 cm³/mol. The van der Waals surface area contributed by atoms with Crippen LogP contribution in [0, 0.1) is 0 Å². The molecule has 0 saturated heterocycles. The van der Waals surface area contributed by atoms with Gasteiger partial charge in [0.05, 0.1) is 0 Å². The molecule has 0 aliphatic heterocycles. The standard InChI is InChI=1S/C14H26N2S/c1-3-9-15-12-13(2)16-10-5-4-7-14-8-6-11-17-14/h6,8,11,13,15-16H,3-5,7,9-10,12H2,1-2H3. The summed E-state index contributed by atoms with van der Waals surface area (Å²) >= 11 is 1.87. The Balaban J connectivity index is 1.89. The molecule has 0 aliphatic carbocycles. The van der Waals surface area contributed by atoms with Gasteiger partial charge in [0, 0.05) is 17.5 Å². The van der Waals surface area contributed by atoms with Crippen molar-refractivity contribution in [1.29, 1.82) is 0 Å². The zero-order valence-electron chi connectivity index (χ0n) is 11.2. The molecule has 1 rings (SSSR count). The fourth-order valence-corrected chi connectivity index (χ4v) is 2.55. The number of aryl methyl sites for hydroxylation is 1. The summed E-state index contributed by atoms with van der Waals surface area (Å²) in [7, 11) is 0. The summed E-state index contributed by atoms with van der Waals surface area (Å²) < 4.78 is 0. The van der Waals surface area contributed by atoms with Gasteiger partial charge >= 0.3 is 0 Å². The summed E-state index contributed by atoms with van der Waals surface area (Å²) in [5, 5.41) is 9.16. The monoisotopic (exact) mass is 254 g/mol. The van der Waals surface area contributed by atoms with E-state index in [2.05, 4.69) is 42.0 Å². The van der Waals surface area contributed by atoms with Crippen molar-refractivity contribution < 1.29 is 0 Å². The van der Waals surface area contributed by atoms with E-state index in [4.69, 9.17) is 0 Å². The average Bonchev–Trinajstić information content (AvgIpc) is 2.82. The van der Waals surface area contributed by atoms with E-state index in [1.54, 1.807) is 0 Å². The zero-order valence-corrected chi connectivity index (χ0v) is 12.0. The Kier molecular flexibility index (Phi) is 8.32. The van der Waals surface area contributed by atoms with Gasteiger partial charge in [0.1, 0.15) is 0 Å². The summed E-state index contributed by atoms with van der Waals surface area (Å²) in [4.78, 5) is 1.52. The normalized spacial score (nSPS) is 12.8. The van der Waals surface area contributed by atoms with E-state index in [0.717, 1.165) is 19.6 Å². The van der Waals surface area contributed by atoms with Gasteiger partial charge in [-0.3, -0.25) is 0 Å². The van der Waals surface area contributed by atoms with E-state index in [1.807, 2.05) is 11.3 Å². The van der Waals surface area contributed by atoms with Gasteiger partial charge in [0.2, 0.25) is 0 Å². The Morgan fingerprint density at radius 3 is 2.88 bits per heavy atom. The van der Waals surface area contributed by atoms with E-state index in [9.17, 15) is 0 Å². The maximum absolute atomic E-state index is 3.56. The van der Waals surface area contributed by atoms with Crippen LogP contribution in [0.5, 0.6) is 0 Å². The van der Waals surface area contributed by atoms with Crippen molar-refractivity contribution in [2.24, 2.45) is 0 Å². The molecular formula is C14H26N2S. The van der Waals surface area contributed by atoms with E-state index >= 15 is 0 Å². The molecule has 17 heavy (non-hydrogen) atoms. The number of unbranched alkanes of at least 4 members (excludes halogenated alkanes) is 1. The van der Waals surface area contributed by atoms with E-state index in [0.29, 0.717) is 6.04 Å². The highest BCUT2D eigenvalue weighted by Gasteiger charge is 1.99. The van der Waals surface area contributed by atoms with Crippen molar-refractivity contribution >= 4 is 11.3 Å². The molecule has 1 atom stereocenters. The lowest BCUT2D eigenvalue weighted by Gasteiger charge is -2.14. The average molecular weight is 254 g/mol. The van der Waals surface area contributed by atoms with Crippen molar-refractivity contribution in [3.05, 3.63) is 22.4 Å². The van der Waals surface area contributed by atoms with Crippen molar-refractivity contribution in [3.8, 4) is 0 Å². The van der Waals surface area contributed by atoms with Gasteiger partial charge < -0.3 is 10.6 Å². The van der Waals surface area contributed by atoms with Gasteiger partial charge in [-0.25, -0.2) is 0 Å². The lowest BCUT2D eigenvalue weighted by Crippen LogP contribution is -2.37. The summed E-state index contributed by atoms with van der Waals surface area (Å²) in [5.41, 5.74) is 0. The lowest BCUT2D eigenvalue weighted by atomic mass is 10.2. The summed E-state index contributed by atoms with van der Waals surface area (Å²) in [5.74, 6) is 0. The number of hydrogen-bond donors (Lipinski definition) is 2. The molecule has 2 N–H and O–H groups in total. The molecule has 2 nitrogen and oxygen atoms in total. The second-order valence-electron chi connectivity index (χ2n) is 4.60. The molecule has 0 amide bonds. The SMILES string of the molecule is CCCNCC(C)NCCCCc1cccs1. The molecular weight excluding hydrogens is 228 g/mol. The summed E-state index contributed by atoms with van der Waals surface area (Å²) in [6.45, 7) is 7.81. The summed E-state index contributed by atoms with van der Waals surface area (Å²) in [6, 6.07) is 4.96. The third-order valence-corrected chi connectivity index (χ3v) is 3.74. The molecule has 0 bridgehead atoms. The van der Waals surface area contributed by atoms with E-state index in [1.165, 1.54) is 30.6 Å². The number of thiophene rings is 1. The van der Waals surface area contributed by atoms with Crippen LogP contribution in [0.3, 0.4) is 0 Å². The predicted octanol–water partition coefficient (Wildman–Crippen LogP) is 3.05. The maximum Gasteiger partial charge on any atom is 0.0164 e. The third-order valence-electron chi connectivity index (χ3n) is 2.80. The van der Waals surface area contributed by atoms with Crippen molar-refractivity contribution in [3.63, 3.8) is 0 Å². The fraction of sp³-hybridized carbons (Fsp3) is 0.714. The molecule has 0 saturated carbocycles.